The molecule has 0 amide bonds. The summed E-state index contributed by atoms with van der Waals surface area (Å²) in [4.78, 5) is 13.0. The van der Waals surface area contributed by atoms with Crippen LogP contribution < -0.4 is 0 Å². The van der Waals surface area contributed by atoms with Gasteiger partial charge in [-0.15, -0.1) is 0 Å². The summed E-state index contributed by atoms with van der Waals surface area (Å²) in [5.74, 6) is -3.96. The summed E-state index contributed by atoms with van der Waals surface area (Å²) in [6.45, 7) is 9.89. The molecule has 3 unspecified atom stereocenters. The summed E-state index contributed by atoms with van der Waals surface area (Å²) in [7, 11) is 0. The molecule has 3 aliphatic carbocycles. The van der Waals surface area contributed by atoms with Crippen LogP contribution in [-0.2, 0) is 29.7 Å². The number of carbonyl (C=O) groups is 1. The van der Waals surface area contributed by atoms with Gasteiger partial charge in [0.2, 0.25) is 0 Å². The highest BCUT2D eigenvalue weighted by atomic mass is 16.9. The first-order valence-corrected chi connectivity index (χ1v) is 15.2. The van der Waals surface area contributed by atoms with Crippen molar-refractivity contribution in [2.45, 2.75) is 86.4 Å². The van der Waals surface area contributed by atoms with Crippen molar-refractivity contribution in [1.29, 1.82) is 0 Å². The van der Waals surface area contributed by atoms with E-state index in [4.69, 9.17) is 23.7 Å². The number of ether oxygens (including phenoxy) is 5. The predicted octanol–water partition coefficient (Wildman–Crippen LogP) is 3.07. The number of esters is 1. The lowest BCUT2D eigenvalue weighted by Gasteiger charge is -2.60. The van der Waals surface area contributed by atoms with Gasteiger partial charge in [-0.1, -0.05) is 69.0 Å². The van der Waals surface area contributed by atoms with E-state index in [1.165, 1.54) is 0 Å². The third-order valence-electron chi connectivity index (χ3n) is 11.6. The third kappa shape index (κ3) is 3.23. The highest BCUT2D eigenvalue weighted by Gasteiger charge is 2.89. The number of hydrogen-bond donors (Lipinski definition) is 3. The molecular formula is C34H38O9. The van der Waals surface area contributed by atoms with Crippen LogP contribution in [0.25, 0.3) is 0 Å². The van der Waals surface area contributed by atoms with Crippen LogP contribution in [0.4, 0.5) is 0 Å². The lowest BCUT2D eigenvalue weighted by molar-refractivity contribution is -0.443. The number of benzene rings is 2. The minimum atomic E-state index is -2.02. The molecule has 0 spiro atoms. The van der Waals surface area contributed by atoms with Crippen LogP contribution >= 0.6 is 0 Å². The van der Waals surface area contributed by atoms with E-state index < -0.39 is 70.6 Å². The highest BCUT2D eigenvalue weighted by Crippen LogP contribution is 2.74. The zero-order valence-corrected chi connectivity index (χ0v) is 24.5. The Bertz CT molecular complexity index is 1480. The maximum Gasteiger partial charge on any atom is 0.338 e. The van der Waals surface area contributed by atoms with E-state index in [0.29, 0.717) is 24.0 Å². The third-order valence-corrected chi connectivity index (χ3v) is 11.6. The van der Waals surface area contributed by atoms with Crippen molar-refractivity contribution in [3.05, 3.63) is 83.9 Å². The van der Waals surface area contributed by atoms with E-state index in [9.17, 15) is 20.1 Å². The molecule has 0 aromatic heterocycles. The smallest absolute Gasteiger partial charge is 0.338 e. The molecule has 9 heteroatoms. The topological polar surface area (TPSA) is 127 Å². The Morgan fingerprint density at radius 3 is 2.35 bits per heavy atom. The number of carbonyl (C=O) groups excluding carboxylic acids is 1. The minimum Gasteiger partial charge on any atom is -0.459 e. The Kier molecular flexibility index (Phi) is 5.68. The van der Waals surface area contributed by atoms with Crippen LogP contribution in [0.5, 0.6) is 0 Å². The molecular weight excluding hydrogens is 552 g/mol. The van der Waals surface area contributed by atoms with Crippen molar-refractivity contribution in [3.63, 3.8) is 0 Å². The molecule has 228 valence electrons. The second-order valence-electron chi connectivity index (χ2n) is 13.8. The van der Waals surface area contributed by atoms with Crippen molar-refractivity contribution < 1.29 is 43.8 Å². The molecule has 3 heterocycles. The lowest BCUT2D eigenvalue weighted by Crippen LogP contribution is -2.72. The molecule has 2 aromatic carbocycles. The Morgan fingerprint density at radius 2 is 1.67 bits per heavy atom. The maximum absolute atomic E-state index is 13.0. The number of aliphatic hydroxyl groups excluding tert-OH is 2. The van der Waals surface area contributed by atoms with Gasteiger partial charge in [-0.05, 0) is 49.3 Å². The van der Waals surface area contributed by atoms with Crippen molar-refractivity contribution in [3.8, 4) is 0 Å². The van der Waals surface area contributed by atoms with Gasteiger partial charge in [-0.25, -0.2) is 4.79 Å². The van der Waals surface area contributed by atoms with Crippen LogP contribution in [-0.4, -0.2) is 74.7 Å². The first kappa shape index (κ1) is 27.9. The van der Waals surface area contributed by atoms with Gasteiger partial charge in [-0.3, -0.25) is 0 Å². The van der Waals surface area contributed by atoms with Gasteiger partial charge in [0.05, 0.1) is 17.3 Å². The number of rotatable bonds is 5. The SMILES string of the molecule is C=C(C)[C@]12C[C@@H](C)[C@@]34OC(c5ccccc5)(O[C@@H]1C3[C@@H]1O[C@]1(COC(=O)c1ccccc1)[C@@H](O)[C@@]1(O)C4C[C@H](C)[C@@H]1O)O2. The Hall–Kier alpha value is -2.63. The van der Waals surface area contributed by atoms with Crippen LogP contribution in [0.15, 0.2) is 72.8 Å². The summed E-state index contributed by atoms with van der Waals surface area (Å²) in [5, 5.41) is 36.4. The van der Waals surface area contributed by atoms with Crippen molar-refractivity contribution >= 4 is 5.97 Å². The fourth-order valence-corrected chi connectivity index (χ4v) is 9.58. The van der Waals surface area contributed by atoms with E-state index in [2.05, 4.69) is 13.5 Å². The van der Waals surface area contributed by atoms with Crippen LogP contribution in [0.2, 0.25) is 0 Å². The molecule has 3 saturated heterocycles. The van der Waals surface area contributed by atoms with E-state index >= 15 is 0 Å². The van der Waals surface area contributed by atoms with Crippen LogP contribution in [0, 0.1) is 23.7 Å². The molecule has 6 aliphatic rings. The molecule has 3 bridgehead atoms. The average molecular weight is 591 g/mol. The summed E-state index contributed by atoms with van der Waals surface area (Å²) in [5.41, 5.74) is -3.76. The second-order valence-corrected chi connectivity index (χ2v) is 13.8. The number of fused-ring (bicyclic) bond motifs is 3. The molecule has 3 saturated carbocycles. The second kappa shape index (κ2) is 8.75. The van der Waals surface area contributed by atoms with Crippen molar-refractivity contribution in [2.75, 3.05) is 6.61 Å². The van der Waals surface area contributed by atoms with Crippen LogP contribution in [0.3, 0.4) is 0 Å². The average Bonchev–Trinajstić information content (AvgIpc) is 3.63. The van der Waals surface area contributed by atoms with Gasteiger partial charge in [0.25, 0.3) is 0 Å². The fourth-order valence-electron chi connectivity index (χ4n) is 9.58. The summed E-state index contributed by atoms with van der Waals surface area (Å²) < 4.78 is 33.2. The first-order valence-electron chi connectivity index (χ1n) is 15.2. The van der Waals surface area contributed by atoms with Crippen molar-refractivity contribution in [1.82, 2.24) is 0 Å². The zero-order chi connectivity index (χ0) is 30.2. The normalized spacial score (nSPS) is 50.3. The van der Waals surface area contributed by atoms with Gasteiger partial charge in [0.1, 0.15) is 36.1 Å². The Labute approximate surface area is 250 Å². The van der Waals surface area contributed by atoms with E-state index in [0.717, 1.165) is 5.57 Å². The molecule has 0 radical (unpaired) electrons. The largest absolute Gasteiger partial charge is 0.459 e. The first-order chi connectivity index (χ1) is 20.5. The Morgan fingerprint density at radius 1 is 1.00 bits per heavy atom. The number of epoxide rings is 1. The Balaban J connectivity index is 1.29. The van der Waals surface area contributed by atoms with Gasteiger partial charge in [-0.2, -0.15) is 0 Å². The number of hydrogen-bond acceptors (Lipinski definition) is 9. The van der Waals surface area contributed by atoms with Crippen LogP contribution in [0.1, 0.15) is 49.5 Å². The molecule has 13 atom stereocenters. The molecule has 9 nitrogen and oxygen atoms in total. The minimum absolute atomic E-state index is 0.215. The molecule has 3 aliphatic heterocycles. The van der Waals surface area contributed by atoms with E-state index in [1.807, 2.05) is 44.2 Å². The summed E-state index contributed by atoms with van der Waals surface area (Å²) in [6.07, 6.45) is -3.25. The van der Waals surface area contributed by atoms with E-state index in [-0.39, 0.29) is 18.4 Å². The van der Waals surface area contributed by atoms with E-state index in [1.54, 1.807) is 30.3 Å². The number of aliphatic hydroxyl groups is 3. The molecule has 8 rings (SSSR count). The quantitative estimate of drug-likeness (QED) is 0.274. The van der Waals surface area contributed by atoms with Gasteiger partial charge in [0, 0.05) is 17.4 Å². The highest BCUT2D eigenvalue weighted by molar-refractivity contribution is 5.89. The van der Waals surface area contributed by atoms with Gasteiger partial charge in [0.15, 0.2) is 5.60 Å². The molecule has 3 N–H and O–H groups in total. The fraction of sp³-hybridized carbons (Fsp3) is 0.559. The van der Waals surface area contributed by atoms with Crippen molar-refractivity contribution in [2.24, 2.45) is 23.7 Å². The maximum atomic E-state index is 13.0. The predicted molar refractivity (Wildman–Crippen MR) is 151 cm³/mol. The molecule has 6 fully saturated rings. The summed E-state index contributed by atoms with van der Waals surface area (Å²) in [6, 6.07) is 18.0. The zero-order valence-electron chi connectivity index (χ0n) is 24.5. The van der Waals surface area contributed by atoms with Gasteiger partial charge >= 0.3 is 11.9 Å². The monoisotopic (exact) mass is 590 g/mol. The lowest BCUT2D eigenvalue weighted by atomic mass is 9.54. The molecule has 2 aromatic rings. The standard InChI is InChI=1S/C34H38O9/c1-18(2)30-16-20(4)33-23-15-19(3)25(35)32(23,38)29(37)31(17-39-28(36)21-11-7-5-8-12-21)27(40-31)24(33)26(30)41-34(42-30,43-33)22-13-9-6-10-14-22/h5-14,19-20,23-27,29,35,37-38H,1,15-17H2,2-4H3/t19-,20+,23?,24?,25-,26+,27-,29+,30+,31-,32+,33-,34?/m0/s1. The molecule has 43 heavy (non-hydrogen) atoms. The van der Waals surface area contributed by atoms with Gasteiger partial charge < -0.3 is 39.0 Å². The summed E-state index contributed by atoms with van der Waals surface area (Å²) >= 11 is 0.